The summed E-state index contributed by atoms with van der Waals surface area (Å²) in [7, 11) is 3.35. The number of ether oxygens (including phenoxy) is 1. The lowest BCUT2D eigenvalue weighted by atomic mass is 9.95. The largest absolute Gasteiger partial charge is 0.508 e. The number of fused-ring (bicyclic) bond motifs is 2. The van der Waals surface area contributed by atoms with Crippen LogP contribution in [0.25, 0.3) is 32.9 Å². The topological polar surface area (TPSA) is 77.9 Å². The molecule has 1 saturated carbocycles. The number of benzene rings is 2. The molecule has 4 aromatic rings. The summed E-state index contributed by atoms with van der Waals surface area (Å²) in [4.78, 5) is 19.5. The lowest BCUT2D eigenvalue weighted by Crippen LogP contribution is -2.46. The summed E-state index contributed by atoms with van der Waals surface area (Å²) in [5, 5.41) is 12.1. The van der Waals surface area contributed by atoms with E-state index in [1.54, 1.807) is 13.1 Å². The molecule has 1 aliphatic carbocycles. The van der Waals surface area contributed by atoms with E-state index in [1.807, 2.05) is 35.7 Å². The highest BCUT2D eigenvalue weighted by atomic mass is 28.3. The van der Waals surface area contributed by atoms with Gasteiger partial charge in [-0.2, -0.15) is 4.98 Å². The summed E-state index contributed by atoms with van der Waals surface area (Å²) in [5.74, 6) is -0.783. The number of halogens is 4. The monoisotopic (exact) mass is 778 g/mol. The first-order valence-corrected chi connectivity index (χ1v) is 21.5. The molecule has 6 rings (SSSR count). The van der Waals surface area contributed by atoms with Crippen molar-refractivity contribution in [1.29, 1.82) is 0 Å². The highest BCUT2D eigenvalue weighted by Crippen LogP contribution is 2.60. The number of hydrogen-bond acceptors (Lipinski definition) is 8. The molecule has 8 nitrogen and oxygen atoms in total. The Bertz CT molecular complexity index is 2130. The summed E-state index contributed by atoms with van der Waals surface area (Å²) in [6.45, 7) is 16.8. The predicted molar refractivity (Wildman–Crippen MR) is 215 cm³/mol. The first-order chi connectivity index (χ1) is 25.8. The van der Waals surface area contributed by atoms with Crippen molar-refractivity contribution < 1.29 is 27.4 Å². The van der Waals surface area contributed by atoms with Crippen LogP contribution in [0.15, 0.2) is 30.5 Å². The van der Waals surface area contributed by atoms with Gasteiger partial charge in [-0.05, 0) is 74.7 Å². The zero-order valence-electron chi connectivity index (χ0n) is 33.7. The zero-order valence-corrected chi connectivity index (χ0v) is 34.7. The predicted octanol–water partition coefficient (Wildman–Crippen LogP) is 8.89. The number of likely N-dealkylation sites (N-methyl/N-ethyl adjacent to an activating group) is 2. The van der Waals surface area contributed by atoms with Crippen LogP contribution in [-0.2, 0) is 0 Å². The summed E-state index contributed by atoms with van der Waals surface area (Å²) < 4.78 is 68.8. The number of pyridine rings is 1. The normalized spacial score (nSPS) is 19.5. The molecule has 2 atom stereocenters. The van der Waals surface area contributed by atoms with E-state index in [4.69, 9.17) is 9.72 Å². The molecule has 2 aliphatic rings. The number of nitrogens with zero attached hydrogens (tertiary/aromatic N) is 6. The van der Waals surface area contributed by atoms with Gasteiger partial charge in [-0.15, -0.1) is 5.54 Å². The molecule has 0 bridgehead atoms. The average Bonchev–Trinajstić information content (AvgIpc) is 3.65. The fourth-order valence-electron chi connectivity index (χ4n) is 8.58. The van der Waals surface area contributed by atoms with Crippen molar-refractivity contribution in [3.8, 4) is 34.5 Å². The SMILES string of the molecule is CC(C)[Si](C#Cc1c(F)ccc2cc(O)cc(-c3nc(N4CC[C@@H]4C)c4cnc(OC[C@]5(CN(C)CCN(C)C)CC5(F)F)nc4c3F)c12)(C(C)C)C(C)C. The van der Waals surface area contributed by atoms with Crippen LogP contribution in [-0.4, -0.2) is 104 Å². The van der Waals surface area contributed by atoms with Gasteiger partial charge in [0.05, 0.1) is 16.4 Å². The quantitative estimate of drug-likeness (QED) is 0.0820. The minimum absolute atomic E-state index is 0.0901. The molecule has 2 fully saturated rings. The second kappa shape index (κ2) is 15.2. The Kier molecular flexibility index (Phi) is 11.2. The van der Waals surface area contributed by atoms with E-state index in [2.05, 4.69) is 63.0 Å². The molecule has 2 aromatic carbocycles. The third kappa shape index (κ3) is 7.49. The molecular weight excluding hydrogens is 725 g/mol. The Balaban J connectivity index is 1.49. The molecule has 2 aromatic heterocycles. The molecule has 13 heteroatoms. The van der Waals surface area contributed by atoms with Gasteiger partial charge in [0.2, 0.25) is 0 Å². The van der Waals surface area contributed by atoms with Crippen LogP contribution in [0.2, 0.25) is 16.6 Å². The lowest BCUT2D eigenvalue weighted by Gasteiger charge is -2.40. The molecule has 0 spiro atoms. The van der Waals surface area contributed by atoms with Crippen molar-refractivity contribution in [2.24, 2.45) is 5.41 Å². The smallest absolute Gasteiger partial charge is 0.317 e. The van der Waals surface area contributed by atoms with Gasteiger partial charge in [0, 0.05) is 55.8 Å². The van der Waals surface area contributed by atoms with Crippen LogP contribution in [0.5, 0.6) is 11.8 Å². The van der Waals surface area contributed by atoms with Gasteiger partial charge in [-0.25, -0.2) is 27.5 Å². The van der Waals surface area contributed by atoms with Crippen molar-refractivity contribution >= 4 is 35.6 Å². The van der Waals surface area contributed by atoms with Gasteiger partial charge in [0.1, 0.15) is 43.3 Å². The maximum absolute atomic E-state index is 17.2. The molecule has 3 heterocycles. The Morgan fingerprint density at radius 2 is 1.69 bits per heavy atom. The van der Waals surface area contributed by atoms with Gasteiger partial charge in [0.25, 0.3) is 5.92 Å². The minimum Gasteiger partial charge on any atom is -0.508 e. The maximum atomic E-state index is 17.2. The van der Waals surface area contributed by atoms with Crippen molar-refractivity contribution in [2.45, 2.75) is 89.9 Å². The second-order valence-electron chi connectivity index (χ2n) is 17.0. The molecule has 0 radical (unpaired) electrons. The molecule has 55 heavy (non-hydrogen) atoms. The fraction of sp³-hybridized carbons (Fsp3) is 0.548. The van der Waals surface area contributed by atoms with E-state index < -0.39 is 31.0 Å². The van der Waals surface area contributed by atoms with Crippen LogP contribution >= 0.6 is 0 Å². The van der Waals surface area contributed by atoms with Crippen molar-refractivity contribution in [1.82, 2.24) is 24.8 Å². The highest BCUT2D eigenvalue weighted by Gasteiger charge is 2.71. The van der Waals surface area contributed by atoms with E-state index in [0.29, 0.717) is 58.2 Å². The van der Waals surface area contributed by atoms with Crippen LogP contribution in [0.3, 0.4) is 0 Å². The van der Waals surface area contributed by atoms with E-state index in [1.165, 1.54) is 24.4 Å². The summed E-state index contributed by atoms with van der Waals surface area (Å²) in [6.07, 6.45) is 1.98. The Morgan fingerprint density at radius 3 is 2.25 bits per heavy atom. The average molecular weight is 779 g/mol. The number of rotatable bonds is 13. The third-order valence-corrected chi connectivity index (χ3v) is 18.3. The number of phenols is 1. The van der Waals surface area contributed by atoms with Gasteiger partial charge in [-0.3, -0.25) is 0 Å². The summed E-state index contributed by atoms with van der Waals surface area (Å²) in [5.41, 5.74) is 3.09. The van der Waals surface area contributed by atoms with Crippen molar-refractivity contribution in [3.63, 3.8) is 0 Å². The van der Waals surface area contributed by atoms with Crippen LogP contribution < -0.4 is 9.64 Å². The van der Waals surface area contributed by atoms with Gasteiger partial charge in [-0.1, -0.05) is 53.5 Å². The maximum Gasteiger partial charge on any atom is 0.317 e. The number of hydrogen-bond donors (Lipinski definition) is 1. The molecule has 0 amide bonds. The number of aromatic nitrogens is 3. The van der Waals surface area contributed by atoms with Crippen LogP contribution in [0.4, 0.5) is 23.4 Å². The fourth-order valence-corrected chi connectivity index (χ4v) is 13.8. The zero-order chi connectivity index (χ0) is 40.2. The number of phenolic OH excluding ortho intramolecular Hbond substituents is 1. The number of aromatic hydroxyl groups is 1. The van der Waals surface area contributed by atoms with Gasteiger partial charge >= 0.3 is 6.01 Å². The Hall–Kier alpha value is -3.99. The summed E-state index contributed by atoms with van der Waals surface area (Å²) >= 11 is 0. The lowest BCUT2D eigenvalue weighted by molar-refractivity contribution is 0.0251. The van der Waals surface area contributed by atoms with E-state index in [-0.39, 0.29) is 59.7 Å². The highest BCUT2D eigenvalue weighted by molar-refractivity contribution is 6.90. The number of anilines is 1. The molecule has 1 aliphatic heterocycles. The molecule has 1 saturated heterocycles. The van der Waals surface area contributed by atoms with Crippen molar-refractivity contribution in [3.05, 3.63) is 47.7 Å². The first-order valence-electron chi connectivity index (χ1n) is 19.3. The van der Waals surface area contributed by atoms with Gasteiger partial charge < -0.3 is 24.5 Å². The van der Waals surface area contributed by atoms with Crippen molar-refractivity contribution in [2.75, 3.05) is 58.8 Å². The number of alkyl halides is 2. The molecule has 1 N–H and O–H groups in total. The molecular formula is C42H54F4N6O2Si. The summed E-state index contributed by atoms with van der Waals surface area (Å²) in [6, 6.07) is 5.62. The molecule has 296 valence electrons. The van der Waals surface area contributed by atoms with E-state index in [0.717, 1.165) is 6.42 Å². The van der Waals surface area contributed by atoms with Gasteiger partial charge in [0.15, 0.2) is 5.82 Å². The minimum atomic E-state index is -2.92. The molecule has 0 unspecified atom stereocenters. The standard InChI is InChI=1S/C42H54F4N6O2Si/c1-25(2)55(26(3)4,27(5)6)18-14-31-34(43)12-11-29-19-30(53)20-32(35(29)31)37-36(44)38-33(39(48-37)52-15-13-28(52)7)21-47-40(49-38)54-24-41(22-42(41,45)46)23-51(10)17-16-50(8)9/h11-12,19-21,25-28,53H,13,15-17,22-24H2,1-10H3/t28-,41+/m0/s1. The second-order valence-corrected chi connectivity index (χ2v) is 22.6. The van der Waals surface area contributed by atoms with Crippen LogP contribution in [0.1, 0.15) is 66.9 Å². The first kappa shape index (κ1) is 40.7. The Labute approximate surface area is 323 Å². The van der Waals surface area contributed by atoms with Crippen LogP contribution in [0, 0.1) is 28.5 Å². The van der Waals surface area contributed by atoms with E-state index in [9.17, 15) is 13.9 Å². The Morgan fingerprint density at radius 1 is 1.02 bits per heavy atom. The third-order valence-electron chi connectivity index (χ3n) is 12.0. The van der Waals surface area contributed by atoms with E-state index >= 15 is 8.78 Å².